The highest BCUT2D eigenvalue weighted by atomic mass is 16.5. The van der Waals surface area contributed by atoms with Crippen molar-refractivity contribution in [3.05, 3.63) is 46.9 Å². The van der Waals surface area contributed by atoms with E-state index in [1.807, 2.05) is 43.9 Å². The number of anilines is 1. The molecule has 2 heterocycles. The van der Waals surface area contributed by atoms with E-state index in [-0.39, 0.29) is 5.91 Å². The molecular weight excluding hydrogens is 364 g/mol. The molecule has 0 radical (unpaired) electrons. The molecule has 0 saturated carbocycles. The molecule has 0 aliphatic carbocycles. The van der Waals surface area contributed by atoms with Crippen molar-refractivity contribution in [1.82, 2.24) is 14.9 Å². The minimum absolute atomic E-state index is 0.150. The third kappa shape index (κ3) is 5.46. The highest BCUT2D eigenvalue weighted by molar-refractivity contribution is 5.76. The van der Waals surface area contributed by atoms with Crippen LogP contribution in [-0.2, 0) is 4.79 Å². The van der Waals surface area contributed by atoms with Crippen LogP contribution in [0.25, 0.3) is 0 Å². The van der Waals surface area contributed by atoms with E-state index < -0.39 is 0 Å². The van der Waals surface area contributed by atoms with Crippen LogP contribution in [0.4, 0.5) is 5.82 Å². The van der Waals surface area contributed by atoms with Gasteiger partial charge in [-0.15, -0.1) is 0 Å². The summed E-state index contributed by atoms with van der Waals surface area (Å²) < 4.78 is 5.84. The van der Waals surface area contributed by atoms with Crippen LogP contribution in [0.5, 0.6) is 5.75 Å². The molecule has 0 unspecified atom stereocenters. The summed E-state index contributed by atoms with van der Waals surface area (Å²) in [7, 11) is 0. The molecule has 6 nitrogen and oxygen atoms in total. The second-order valence-corrected chi connectivity index (χ2v) is 8.12. The third-order valence-corrected chi connectivity index (χ3v) is 5.25. The van der Waals surface area contributed by atoms with Crippen LogP contribution < -0.4 is 9.64 Å². The van der Waals surface area contributed by atoms with Gasteiger partial charge in [0.2, 0.25) is 5.91 Å². The predicted octanol–water partition coefficient (Wildman–Crippen LogP) is 3.64. The molecule has 6 heteroatoms. The van der Waals surface area contributed by atoms with Gasteiger partial charge in [-0.05, 0) is 38.0 Å². The van der Waals surface area contributed by atoms with Crippen molar-refractivity contribution in [1.29, 1.82) is 0 Å². The van der Waals surface area contributed by atoms with Gasteiger partial charge in [0, 0.05) is 43.9 Å². The summed E-state index contributed by atoms with van der Waals surface area (Å²) >= 11 is 0. The SMILES string of the molecule is Cc1ccc(C)c(OCCC(=O)N2CCN(c3cc(C)nc(C(C)C)n3)CC2)c1. The van der Waals surface area contributed by atoms with E-state index in [0.29, 0.717) is 32.0 Å². The standard InChI is InChI=1S/C23H32N4O2/c1-16(2)23-24-19(5)15-21(25-23)26-9-11-27(12-10-26)22(28)8-13-29-20-14-17(3)6-7-18(20)4/h6-7,14-16H,8-13H2,1-5H3. The lowest BCUT2D eigenvalue weighted by atomic mass is 10.1. The van der Waals surface area contributed by atoms with Crippen LogP contribution >= 0.6 is 0 Å². The van der Waals surface area contributed by atoms with Crippen molar-refractivity contribution in [2.45, 2.75) is 47.0 Å². The lowest BCUT2D eigenvalue weighted by Gasteiger charge is -2.35. The summed E-state index contributed by atoms with van der Waals surface area (Å²) in [5, 5.41) is 0. The lowest BCUT2D eigenvalue weighted by molar-refractivity contribution is -0.132. The van der Waals surface area contributed by atoms with E-state index in [2.05, 4.69) is 29.8 Å². The molecule has 1 aromatic carbocycles. The molecular formula is C23H32N4O2. The minimum atomic E-state index is 0.150. The van der Waals surface area contributed by atoms with Gasteiger partial charge in [0.05, 0.1) is 13.0 Å². The molecule has 0 spiro atoms. The van der Waals surface area contributed by atoms with Crippen molar-refractivity contribution in [2.75, 3.05) is 37.7 Å². The first-order valence-corrected chi connectivity index (χ1v) is 10.4. The van der Waals surface area contributed by atoms with E-state index in [9.17, 15) is 4.79 Å². The number of amides is 1. The topological polar surface area (TPSA) is 58.6 Å². The van der Waals surface area contributed by atoms with Gasteiger partial charge < -0.3 is 14.5 Å². The maximum atomic E-state index is 12.6. The fourth-order valence-corrected chi connectivity index (χ4v) is 3.45. The molecule has 0 N–H and O–H groups in total. The van der Waals surface area contributed by atoms with E-state index in [1.165, 1.54) is 0 Å². The van der Waals surface area contributed by atoms with Crippen molar-refractivity contribution in [3.63, 3.8) is 0 Å². The van der Waals surface area contributed by atoms with Crippen LogP contribution in [0.2, 0.25) is 0 Å². The van der Waals surface area contributed by atoms with E-state index >= 15 is 0 Å². The van der Waals surface area contributed by atoms with Gasteiger partial charge in [0.1, 0.15) is 17.4 Å². The number of ether oxygens (including phenoxy) is 1. The number of hydrogen-bond acceptors (Lipinski definition) is 5. The number of carbonyl (C=O) groups is 1. The van der Waals surface area contributed by atoms with Gasteiger partial charge in [0.25, 0.3) is 0 Å². The number of carbonyl (C=O) groups excluding carboxylic acids is 1. The van der Waals surface area contributed by atoms with Gasteiger partial charge in [-0.25, -0.2) is 9.97 Å². The Labute approximate surface area is 173 Å². The largest absolute Gasteiger partial charge is 0.493 e. The molecule has 29 heavy (non-hydrogen) atoms. The lowest BCUT2D eigenvalue weighted by Crippen LogP contribution is -2.49. The second-order valence-electron chi connectivity index (χ2n) is 8.12. The number of aryl methyl sites for hydroxylation is 3. The Hall–Kier alpha value is -2.63. The molecule has 1 saturated heterocycles. The Balaban J connectivity index is 1.50. The quantitative estimate of drug-likeness (QED) is 0.746. The van der Waals surface area contributed by atoms with Crippen LogP contribution in [0, 0.1) is 20.8 Å². The summed E-state index contributed by atoms with van der Waals surface area (Å²) in [6, 6.07) is 8.16. The minimum Gasteiger partial charge on any atom is -0.493 e. The number of nitrogens with zero attached hydrogens (tertiary/aromatic N) is 4. The summed E-state index contributed by atoms with van der Waals surface area (Å²) in [6.45, 7) is 13.7. The second kappa shape index (κ2) is 9.25. The molecule has 156 valence electrons. The Morgan fingerprint density at radius 3 is 2.48 bits per heavy atom. The average Bonchev–Trinajstić information content (AvgIpc) is 2.70. The fraction of sp³-hybridized carbons (Fsp3) is 0.522. The van der Waals surface area contributed by atoms with Crippen molar-refractivity contribution < 1.29 is 9.53 Å². The summed E-state index contributed by atoms with van der Waals surface area (Å²) in [6.07, 6.45) is 0.400. The zero-order valence-electron chi connectivity index (χ0n) is 18.2. The highest BCUT2D eigenvalue weighted by Crippen LogP contribution is 2.20. The van der Waals surface area contributed by atoms with Gasteiger partial charge in [-0.3, -0.25) is 4.79 Å². The predicted molar refractivity (Wildman–Crippen MR) is 116 cm³/mol. The Bertz CT molecular complexity index is 858. The van der Waals surface area contributed by atoms with Gasteiger partial charge in [-0.2, -0.15) is 0 Å². The van der Waals surface area contributed by atoms with Crippen LogP contribution in [0.1, 0.15) is 48.8 Å². The molecule has 1 aliphatic heterocycles. The van der Waals surface area contributed by atoms with E-state index in [0.717, 1.165) is 47.3 Å². The van der Waals surface area contributed by atoms with Gasteiger partial charge in [0.15, 0.2) is 0 Å². The van der Waals surface area contributed by atoms with Crippen LogP contribution in [0.3, 0.4) is 0 Å². The third-order valence-electron chi connectivity index (χ3n) is 5.25. The van der Waals surface area contributed by atoms with E-state index in [4.69, 9.17) is 9.72 Å². The van der Waals surface area contributed by atoms with Gasteiger partial charge >= 0.3 is 0 Å². The Morgan fingerprint density at radius 2 is 1.79 bits per heavy atom. The first kappa shape index (κ1) is 21.1. The molecule has 1 amide bonds. The number of piperazine rings is 1. The van der Waals surface area contributed by atoms with Gasteiger partial charge in [-0.1, -0.05) is 26.0 Å². The molecule has 0 atom stereocenters. The summed E-state index contributed by atoms with van der Waals surface area (Å²) in [4.78, 5) is 26.0. The highest BCUT2D eigenvalue weighted by Gasteiger charge is 2.22. The first-order chi connectivity index (χ1) is 13.8. The molecule has 3 rings (SSSR count). The first-order valence-electron chi connectivity index (χ1n) is 10.4. The summed E-state index contributed by atoms with van der Waals surface area (Å²) in [5.41, 5.74) is 3.24. The number of aromatic nitrogens is 2. The Morgan fingerprint density at radius 1 is 1.07 bits per heavy atom. The molecule has 1 fully saturated rings. The number of hydrogen-bond donors (Lipinski definition) is 0. The normalized spacial score (nSPS) is 14.4. The summed E-state index contributed by atoms with van der Waals surface area (Å²) in [5.74, 6) is 3.15. The van der Waals surface area contributed by atoms with E-state index in [1.54, 1.807) is 0 Å². The average molecular weight is 397 g/mol. The molecule has 1 aliphatic rings. The number of benzene rings is 1. The zero-order chi connectivity index (χ0) is 21.0. The zero-order valence-corrected chi connectivity index (χ0v) is 18.2. The molecule has 0 bridgehead atoms. The molecule has 2 aromatic rings. The fourth-order valence-electron chi connectivity index (χ4n) is 3.45. The van der Waals surface area contributed by atoms with Crippen molar-refractivity contribution >= 4 is 11.7 Å². The smallest absolute Gasteiger partial charge is 0.226 e. The molecule has 1 aromatic heterocycles. The maximum absolute atomic E-state index is 12.6. The number of rotatable bonds is 6. The van der Waals surface area contributed by atoms with Crippen molar-refractivity contribution in [2.24, 2.45) is 0 Å². The van der Waals surface area contributed by atoms with Crippen molar-refractivity contribution in [3.8, 4) is 5.75 Å². The van der Waals surface area contributed by atoms with Crippen LogP contribution in [-0.4, -0.2) is 53.6 Å². The monoisotopic (exact) mass is 396 g/mol. The maximum Gasteiger partial charge on any atom is 0.226 e. The Kier molecular flexibility index (Phi) is 6.72. The van der Waals surface area contributed by atoms with Crippen LogP contribution in [0.15, 0.2) is 24.3 Å².